The van der Waals surface area contributed by atoms with E-state index >= 15 is 0 Å². The number of nitrogens with two attached hydrogens (primary N) is 1. The molecule has 1 atom stereocenters. The summed E-state index contributed by atoms with van der Waals surface area (Å²) < 4.78 is 0. The second kappa shape index (κ2) is 4.96. The van der Waals surface area contributed by atoms with E-state index in [1.165, 1.54) is 19.3 Å². The average molecular weight is 233 g/mol. The highest BCUT2D eigenvalue weighted by Gasteiger charge is 2.25. The van der Waals surface area contributed by atoms with Crippen LogP contribution in [0.5, 0.6) is 0 Å². The summed E-state index contributed by atoms with van der Waals surface area (Å²) in [5.74, 6) is 0.656. The molecule has 0 aromatic carbocycles. The van der Waals surface area contributed by atoms with Crippen LogP contribution in [0.2, 0.25) is 5.15 Å². The lowest BCUT2D eigenvalue weighted by atomic mass is 9.78. The molecule has 1 aliphatic carbocycles. The molecule has 1 saturated carbocycles. The Morgan fingerprint density at radius 3 is 2.57 bits per heavy atom. The van der Waals surface area contributed by atoms with Crippen molar-refractivity contribution < 1.29 is 0 Å². The van der Waals surface area contributed by atoms with Crippen LogP contribution < -0.4 is 5.73 Å². The number of nitrogens with zero attached hydrogens (tertiary/aromatic N) is 1. The number of hydrogen-bond acceptors (Lipinski definition) is 2. The van der Waals surface area contributed by atoms with Crippen LogP contribution >= 0.6 is 24.0 Å². The molecule has 14 heavy (non-hydrogen) atoms. The third-order valence-electron chi connectivity index (χ3n) is 2.79. The molecule has 1 fully saturated rings. The van der Waals surface area contributed by atoms with Crippen LogP contribution in [0, 0.1) is 5.92 Å². The van der Waals surface area contributed by atoms with Gasteiger partial charge in [0.25, 0.3) is 0 Å². The first-order valence-electron chi connectivity index (χ1n) is 4.64. The maximum absolute atomic E-state index is 6.07. The molecule has 0 amide bonds. The fourth-order valence-electron chi connectivity index (χ4n) is 1.66. The van der Waals surface area contributed by atoms with Crippen LogP contribution in [0.4, 0.5) is 0 Å². The molecule has 1 aliphatic rings. The molecular weight excluding hydrogens is 219 g/mol. The fraction of sp³-hybridized carbons (Fsp3) is 0.500. The van der Waals surface area contributed by atoms with Crippen LogP contribution in [0.1, 0.15) is 30.9 Å². The highest BCUT2D eigenvalue weighted by molar-refractivity contribution is 6.29. The Kier molecular flexibility index (Phi) is 4.17. The minimum Gasteiger partial charge on any atom is -0.324 e. The van der Waals surface area contributed by atoms with Gasteiger partial charge >= 0.3 is 0 Å². The van der Waals surface area contributed by atoms with E-state index in [0.29, 0.717) is 11.1 Å². The van der Waals surface area contributed by atoms with E-state index in [1.54, 1.807) is 12.3 Å². The van der Waals surface area contributed by atoms with Crippen LogP contribution in [0.3, 0.4) is 0 Å². The van der Waals surface area contributed by atoms with E-state index < -0.39 is 0 Å². The minimum absolute atomic E-state index is 0. The van der Waals surface area contributed by atoms with Gasteiger partial charge in [0.2, 0.25) is 0 Å². The van der Waals surface area contributed by atoms with Gasteiger partial charge in [0, 0.05) is 12.2 Å². The monoisotopic (exact) mass is 232 g/mol. The van der Waals surface area contributed by atoms with Crippen LogP contribution in [0.25, 0.3) is 0 Å². The topological polar surface area (TPSA) is 38.9 Å². The third-order valence-corrected chi connectivity index (χ3v) is 3.02. The van der Waals surface area contributed by atoms with Gasteiger partial charge < -0.3 is 5.73 Å². The molecule has 0 unspecified atom stereocenters. The van der Waals surface area contributed by atoms with Crippen LogP contribution in [-0.2, 0) is 0 Å². The Hall–Kier alpha value is -0.310. The van der Waals surface area contributed by atoms with Gasteiger partial charge in [-0.3, -0.25) is 0 Å². The average Bonchev–Trinajstić information content (AvgIpc) is 2.02. The van der Waals surface area contributed by atoms with Gasteiger partial charge in [-0.1, -0.05) is 24.1 Å². The zero-order chi connectivity index (χ0) is 9.26. The maximum atomic E-state index is 6.07. The highest BCUT2D eigenvalue weighted by Crippen LogP contribution is 2.35. The Balaban J connectivity index is 0.000000980. The van der Waals surface area contributed by atoms with Crippen molar-refractivity contribution in [1.29, 1.82) is 0 Å². The molecule has 4 heteroatoms. The number of halogens is 2. The van der Waals surface area contributed by atoms with E-state index in [1.807, 2.05) is 6.07 Å². The Morgan fingerprint density at radius 1 is 1.43 bits per heavy atom. The van der Waals surface area contributed by atoms with Gasteiger partial charge in [0.05, 0.1) is 0 Å². The van der Waals surface area contributed by atoms with Gasteiger partial charge in [-0.05, 0) is 30.4 Å². The molecule has 0 bridgehead atoms. The Bertz CT molecular complexity index is 283. The molecule has 1 aromatic rings. The van der Waals surface area contributed by atoms with Crippen molar-refractivity contribution in [3.8, 4) is 0 Å². The Labute approximate surface area is 95.3 Å². The van der Waals surface area contributed by atoms with E-state index in [4.69, 9.17) is 17.3 Å². The second-order valence-corrected chi connectivity index (χ2v) is 4.02. The number of pyridine rings is 1. The quantitative estimate of drug-likeness (QED) is 0.797. The summed E-state index contributed by atoms with van der Waals surface area (Å²) in [5, 5.41) is 0.532. The molecule has 2 N–H and O–H groups in total. The summed E-state index contributed by atoms with van der Waals surface area (Å²) in [4.78, 5) is 4.03. The first-order valence-corrected chi connectivity index (χ1v) is 5.02. The number of aromatic nitrogens is 1. The molecule has 0 saturated heterocycles. The Morgan fingerprint density at radius 2 is 2.14 bits per heavy atom. The van der Waals surface area contributed by atoms with Crippen LogP contribution in [0.15, 0.2) is 18.3 Å². The second-order valence-electron chi connectivity index (χ2n) is 3.63. The van der Waals surface area contributed by atoms with Crippen molar-refractivity contribution in [3.05, 3.63) is 29.0 Å². The van der Waals surface area contributed by atoms with Crippen molar-refractivity contribution in [1.82, 2.24) is 4.98 Å². The van der Waals surface area contributed by atoms with E-state index in [-0.39, 0.29) is 18.4 Å². The van der Waals surface area contributed by atoms with E-state index in [0.717, 1.165) is 5.56 Å². The first kappa shape index (κ1) is 11.8. The normalized spacial score (nSPS) is 18.1. The summed E-state index contributed by atoms with van der Waals surface area (Å²) in [6.45, 7) is 0. The van der Waals surface area contributed by atoms with Crippen molar-refractivity contribution in [3.63, 3.8) is 0 Å². The SMILES string of the molecule is Cl.N[C@@H](c1ccc(Cl)nc1)C1CCC1. The van der Waals surface area contributed by atoms with E-state index in [9.17, 15) is 0 Å². The van der Waals surface area contributed by atoms with E-state index in [2.05, 4.69) is 4.98 Å². The molecule has 2 rings (SSSR count). The fourth-order valence-corrected chi connectivity index (χ4v) is 1.77. The van der Waals surface area contributed by atoms with Gasteiger partial charge in [-0.25, -0.2) is 4.98 Å². The van der Waals surface area contributed by atoms with Crippen molar-refractivity contribution in [2.24, 2.45) is 11.7 Å². The summed E-state index contributed by atoms with van der Waals surface area (Å²) in [5.41, 5.74) is 7.17. The molecule has 1 aromatic heterocycles. The number of hydrogen-bond donors (Lipinski definition) is 1. The molecule has 78 valence electrons. The molecule has 0 radical (unpaired) electrons. The lowest BCUT2D eigenvalue weighted by Gasteiger charge is -2.31. The lowest BCUT2D eigenvalue weighted by molar-refractivity contribution is 0.264. The molecule has 2 nitrogen and oxygen atoms in total. The van der Waals surface area contributed by atoms with Crippen LogP contribution in [-0.4, -0.2) is 4.98 Å². The highest BCUT2D eigenvalue weighted by atomic mass is 35.5. The summed E-state index contributed by atoms with van der Waals surface area (Å²) in [6.07, 6.45) is 5.61. The van der Waals surface area contributed by atoms with Gasteiger partial charge in [0.1, 0.15) is 5.15 Å². The largest absolute Gasteiger partial charge is 0.324 e. The van der Waals surface area contributed by atoms with Gasteiger partial charge in [0.15, 0.2) is 0 Å². The van der Waals surface area contributed by atoms with Gasteiger partial charge in [-0.2, -0.15) is 0 Å². The standard InChI is InChI=1S/C10H13ClN2.ClH/c11-9-5-4-8(6-13-9)10(12)7-2-1-3-7;/h4-7,10H,1-3,12H2;1H/t10-;/m1./s1. The smallest absolute Gasteiger partial charge is 0.129 e. The predicted molar refractivity (Wildman–Crippen MR) is 60.8 cm³/mol. The predicted octanol–water partition coefficient (Wildman–Crippen LogP) is 2.96. The summed E-state index contributed by atoms with van der Waals surface area (Å²) in [6, 6.07) is 3.92. The third kappa shape index (κ3) is 2.38. The zero-order valence-corrected chi connectivity index (χ0v) is 9.39. The number of rotatable bonds is 2. The first-order chi connectivity index (χ1) is 6.27. The minimum atomic E-state index is 0. The summed E-state index contributed by atoms with van der Waals surface area (Å²) >= 11 is 5.69. The molecule has 1 heterocycles. The summed E-state index contributed by atoms with van der Waals surface area (Å²) in [7, 11) is 0. The molecule has 0 aliphatic heterocycles. The molecular formula is C10H14Cl2N2. The van der Waals surface area contributed by atoms with Crippen molar-refractivity contribution >= 4 is 24.0 Å². The zero-order valence-electron chi connectivity index (χ0n) is 7.82. The van der Waals surface area contributed by atoms with Crippen molar-refractivity contribution in [2.75, 3.05) is 0 Å². The van der Waals surface area contributed by atoms with Crippen molar-refractivity contribution in [2.45, 2.75) is 25.3 Å². The maximum Gasteiger partial charge on any atom is 0.129 e. The lowest BCUT2D eigenvalue weighted by Crippen LogP contribution is -2.26. The van der Waals surface area contributed by atoms with Gasteiger partial charge in [-0.15, -0.1) is 12.4 Å². The molecule has 0 spiro atoms.